The lowest BCUT2D eigenvalue weighted by molar-refractivity contribution is 0.243. The van der Waals surface area contributed by atoms with Gasteiger partial charge in [0, 0.05) is 66.9 Å². The highest BCUT2D eigenvalue weighted by Crippen LogP contribution is 2.26. The fraction of sp³-hybridized carbons (Fsp3) is 0.182. The Kier molecular flexibility index (Phi) is 4.57. The third-order valence-electron chi connectivity index (χ3n) is 5.18. The average molecular weight is 386 g/mol. The van der Waals surface area contributed by atoms with Gasteiger partial charge in [-0.1, -0.05) is 0 Å². The van der Waals surface area contributed by atoms with Gasteiger partial charge in [0.15, 0.2) is 5.82 Å². The van der Waals surface area contributed by atoms with Gasteiger partial charge in [-0.2, -0.15) is 5.10 Å². The van der Waals surface area contributed by atoms with Gasteiger partial charge in [-0.15, -0.1) is 0 Å². The van der Waals surface area contributed by atoms with E-state index >= 15 is 0 Å². The molecule has 0 saturated carbocycles. The smallest absolute Gasteiger partial charge is 0.160 e. The second kappa shape index (κ2) is 7.52. The molecule has 7 heteroatoms. The number of fused-ring (bicyclic) bond motifs is 1. The highest BCUT2D eigenvalue weighted by molar-refractivity contribution is 5.62. The zero-order valence-electron chi connectivity index (χ0n) is 15.7. The van der Waals surface area contributed by atoms with Crippen LogP contribution in [0.2, 0.25) is 0 Å². The first-order valence-electron chi connectivity index (χ1n) is 9.52. The third kappa shape index (κ3) is 3.64. The summed E-state index contributed by atoms with van der Waals surface area (Å²) >= 11 is 0. The maximum atomic E-state index is 13.2. The minimum absolute atomic E-state index is 0.242. The van der Waals surface area contributed by atoms with E-state index in [2.05, 4.69) is 25.1 Å². The van der Waals surface area contributed by atoms with Crippen molar-refractivity contribution < 1.29 is 4.39 Å². The number of hydrogen-bond donors (Lipinski definition) is 1. The molecule has 0 bridgehead atoms. The number of pyridine rings is 1. The summed E-state index contributed by atoms with van der Waals surface area (Å²) in [5, 5.41) is 7.25. The summed E-state index contributed by atoms with van der Waals surface area (Å²) in [4.78, 5) is 15.8. The molecule has 0 amide bonds. The van der Waals surface area contributed by atoms with Crippen molar-refractivity contribution in [2.24, 2.45) is 0 Å². The quantitative estimate of drug-likeness (QED) is 0.580. The lowest BCUT2D eigenvalue weighted by Gasteiger charge is -2.28. The van der Waals surface area contributed by atoms with Crippen molar-refractivity contribution in [3.8, 4) is 22.6 Å². The summed E-state index contributed by atoms with van der Waals surface area (Å²) in [6.07, 6.45) is 8.17. The van der Waals surface area contributed by atoms with E-state index in [1.165, 1.54) is 12.1 Å². The second-order valence-corrected chi connectivity index (χ2v) is 7.15. The summed E-state index contributed by atoms with van der Waals surface area (Å²) in [5.74, 6) is 0.479. The number of hydrogen-bond acceptors (Lipinski definition) is 5. The topological polar surface area (TPSA) is 70.6 Å². The van der Waals surface area contributed by atoms with E-state index in [1.54, 1.807) is 24.5 Å². The van der Waals surface area contributed by atoms with E-state index in [1.807, 2.05) is 24.5 Å². The van der Waals surface area contributed by atoms with Crippen LogP contribution >= 0.6 is 0 Å². The standard InChI is InChI=1S/C22H19FN6/c23-19-5-3-15(4-6-19)21-18(12-26-28-21)14-29-9-7-20-17(13-29)11-25-22(27-20)16-2-1-8-24-10-16/h1-6,8,10-12H,7,9,13-14H2,(H,26,28). The number of aromatic amines is 1. The molecule has 3 aromatic heterocycles. The molecule has 0 radical (unpaired) electrons. The molecule has 0 fully saturated rings. The first-order valence-corrected chi connectivity index (χ1v) is 9.52. The predicted molar refractivity (Wildman–Crippen MR) is 107 cm³/mol. The molecule has 144 valence electrons. The van der Waals surface area contributed by atoms with Crippen molar-refractivity contribution in [3.63, 3.8) is 0 Å². The van der Waals surface area contributed by atoms with Gasteiger partial charge in [0.2, 0.25) is 0 Å². The van der Waals surface area contributed by atoms with E-state index in [4.69, 9.17) is 4.98 Å². The molecule has 1 aliphatic heterocycles. The highest BCUT2D eigenvalue weighted by Gasteiger charge is 2.20. The zero-order valence-corrected chi connectivity index (χ0v) is 15.7. The Balaban J connectivity index is 1.34. The van der Waals surface area contributed by atoms with E-state index < -0.39 is 0 Å². The summed E-state index contributed by atoms with van der Waals surface area (Å²) in [6.45, 7) is 2.45. The third-order valence-corrected chi connectivity index (χ3v) is 5.18. The van der Waals surface area contributed by atoms with Gasteiger partial charge < -0.3 is 0 Å². The Morgan fingerprint density at radius 3 is 2.76 bits per heavy atom. The van der Waals surface area contributed by atoms with E-state index in [-0.39, 0.29) is 5.82 Å². The van der Waals surface area contributed by atoms with Gasteiger partial charge in [0.1, 0.15) is 5.82 Å². The molecule has 0 atom stereocenters. The SMILES string of the molecule is Fc1ccc(-c2[nH]ncc2CN2CCc3nc(-c4cccnc4)ncc3C2)cc1. The number of benzene rings is 1. The number of nitrogens with zero attached hydrogens (tertiary/aromatic N) is 5. The predicted octanol–water partition coefficient (Wildman–Crippen LogP) is 3.63. The summed E-state index contributed by atoms with van der Waals surface area (Å²) in [7, 11) is 0. The van der Waals surface area contributed by atoms with Crippen LogP contribution in [0.4, 0.5) is 4.39 Å². The van der Waals surface area contributed by atoms with E-state index in [0.29, 0.717) is 0 Å². The summed E-state index contributed by atoms with van der Waals surface area (Å²) in [5.41, 5.74) is 6.13. The molecule has 1 N–H and O–H groups in total. The normalized spacial score (nSPS) is 14.0. The molecule has 29 heavy (non-hydrogen) atoms. The molecule has 0 unspecified atom stereocenters. The Bertz CT molecular complexity index is 1120. The molecule has 4 heterocycles. The molecular formula is C22H19FN6. The lowest BCUT2D eigenvalue weighted by atomic mass is 10.0. The van der Waals surface area contributed by atoms with Gasteiger partial charge in [-0.05, 0) is 36.4 Å². The molecule has 0 spiro atoms. The van der Waals surface area contributed by atoms with Crippen LogP contribution in [0.5, 0.6) is 0 Å². The Morgan fingerprint density at radius 2 is 1.93 bits per heavy atom. The summed E-state index contributed by atoms with van der Waals surface area (Å²) < 4.78 is 13.2. The minimum atomic E-state index is -0.242. The maximum absolute atomic E-state index is 13.2. The van der Waals surface area contributed by atoms with Crippen molar-refractivity contribution in [1.82, 2.24) is 30.0 Å². The van der Waals surface area contributed by atoms with Crippen molar-refractivity contribution in [3.05, 3.63) is 83.8 Å². The molecule has 1 aliphatic rings. The molecule has 4 aromatic rings. The van der Waals surface area contributed by atoms with Crippen LogP contribution in [0.1, 0.15) is 16.8 Å². The second-order valence-electron chi connectivity index (χ2n) is 7.15. The average Bonchev–Trinajstić information content (AvgIpc) is 3.22. The first-order chi connectivity index (χ1) is 14.3. The van der Waals surface area contributed by atoms with Crippen LogP contribution in [0.3, 0.4) is 0 Å². The Morgan fingerprint density at radius 1 is 1.03 bits per heavy atom. The van der Waals surface area contributed by atoms with Crippen molar-refractivity contribution in [1.29, 1.82) is 0 Å². The van der Waals surface area contributed by atoms with Crippen LogP contribution in [0.25, 0.3) is 22.6 Å². The minimum Gasteiger partial charge on any atom is -0.294 e. The van der Waals surface area contributed by atoms with E-state index in [9.17, 15) is 4.39 Å². The van der Waals surface area contributed by atoms with E-state index in [0.717, 1.165) is 65.5 Å². The number of nitrogens with one attached hydrogen (secondary N) is 1. The lowest BCUT2D eigenvalue weighted by Crippen LogP contribution is -2.31. The zero-order chi connectivity index (χ0) is 19.6. The number of aromatic nitrogens is 5. The van der Waals surface area contributed by atoms with Gasteiger partial charge >= 0.3 is 0 Å². The van der Waals surface area contributed by atoms with Crippen LogP contribution in [0.15, 0.2) is 61.2 Å². The fourth-order valence-corrected chi connectivity index (χ4v) is 3.68. The number of H-pyrrole nitrogens is 1. The fourth-order valence-electron chi connectivity index (χ4n) is 3.68. The van der Waals surface area contributed by atoms with Crippen molar-refractivity contribution in [2.45, 2.75) is 19.5 Å². The molecule has 0 saturated heterocycles. The molecule has 5 rings (SSSR count). The maximum Gasteiger partial charge on any atom is 0.160 e. The molecule has 0 aliphatic carbocycles. The van der Waals surface area contributed by atoms with Crippen LogP contribution in [-0.4, -0.2) is 36.6 Å². The van der Waals surface area contributed by atoms with Crippen molar-refractivity contribution >= 4 is 0 Å². The van der Waals surface area contributed by atoms with Crippen LogP contribution in [0, 0.1) is 5.82 Å². The number of halogens is 1. The monoisotopic (exact) mass is 386 g/mol. The Hall–Kier alpha value is -3.45. The van der Waals surface area contributed by atoms with Crippen molar-refractivity contribution in [2.75, 3.05) is 6.54 Å². The number of rotatable bonds is 4. The molecule has 6 nitrogen and oxygen atoms in total. The van der Waals surface area contributed by atoms with Gasteiger partial charge in [0.05, 0.1) is 17.6 Å². The van der Waals surface area contributed by atoms with Gasteiger partial charge in [-0.25, -0.2) is 14.4 Å². The Labute approximate surface area is 167 Å². The van der Waals surface area contributed by atoms with Crippen LogP contribution < -0.4 is 0 Å². The largest absolute Gasteiger partial charge is 0.294 e. The van der Waals surface area contributed by atoms with Gasteiger partial charge in [-0.3, -0.25) is 15.0 Å². The molecule has 1 aromatic carbocycles. The first kappa shape index (κ1) is 17.6. The van der Waals surface area contributed by atoms with Gasteiger partial charge in [0.25, 0.3) is 0 Å². The van der Waals surface area contributed by atoms with Crippen LogP contribution in [-0.2, 0) is 19.5 Å². The highest BCUT2D eigenvalue weighted by atomic mass is 19.1. The molecular weight excluding hydrogens is 367 g/mol. The summed E-state index contributed by atoms with van der Waals surface area (Å²) in [6, 6.07) is 10.3.